The van der Waals surface area contributed by atoms with Crippen LogP contribution in [0.2, 0.25) is 0 Å². The van der Waals surface area contributed by atoms with Crippen LogP contribution in [0, 0.1) is 0 Å². The third-order valence-electron chi connectivity index (χ3n) is 1.35. The molecular formula is C7H9O2PS2. The fraction of sp³-hybridized carbons (Fsp3) is 0.143. The van der Waals surface area contributed by atoms with Crippen molar-refractivity contribution < 1.29 is 9.46 Å². The molecule has 66 valence electrons. The Morgan fingerprint density at radius 1 is 1.42 bits per heavy atom. The summed E-state index contributed by atoms with van der Waals surface area (Å²) in [7, 11) is 0.727. The largest absolute Gasteiger partial charge is 0.336 e. The van der Waals surface area contributed by atoms with Crippen molar-refractivity contribution in [2.24, 2.45) is 0 Å². The molecule has 0 aromatic heterocycles. The first kappa shape index (κ1) is 10.2. The lowest BCUT2D eigenvalue weighted by Gasteiger charge is -2.05. The third-order valence-corrected chi connectivity index (χ3v) is 5.82. The molecule has 1 aromatic carbocycles. The van der Waals surface area contributed by atoms with Gasteiger partial charge in [0.25, 0.3) is 6.57 Å². The van der Waals surface area contributed by atoms with Gasteiger partial charge in [0.1, 0.15) is 0 Å². The Morgan fingerprint density at radius 3 is 2.50 bits per heavy atom. The summed E-state index contributed by atoms with van der Waals surface area (Å²) in [4.78, 5) is 9.22. The highest BCUT2D eigenvalue weighted by Crippen LogP contribution is 2.59. The minimum absolute atomic E-state index is 0.183. The number of benzene rings is 1. The predicted octanol–water partition coefficient (Wildman–Crippen LogP) is 2.95. The minimum atomic E-state index is -3.11. The van der Waals surface area contributed by atoms with E-state index in [0.717, 1.165) is 16.0 Å². The van der Waals surface area contributed by atoms with Crippen LogP contribution in [0.15, 0.2) is 30.3 Å². The van der Waals surface area contributed by atoms with Gasteiger partial charge >= 0.3 is 0 Å². The average Bonchev–Trinajstić information content (AvgIpc) is 2.06. The first-order chi connectivity index (χ1) is 5.64. The molecule has 12 heavy (non-hydrogen) atoms. The Balaban J connectivity index is 2.71. The zero-order chi connectivity index (χ0) is 9.03. The highest BCUT2D eigenvalue weighted by atomic mass is 33.3. The summed E-state index contributed by atoms with van der Waals surface area (Å²) in [6.45, 7) is -3.11. The van der Waals surface area contributed by atoms with Gasteiger partial charge in [-0.05, 0) is 16.0 Å². The summed E-state index contributed by atoms with van der Waals surface area (Å²) in [6, 6.07) is 9.22. The summed E-state index contributed by atoms with van der Waals surface area (Å²) in [5, 5.41) is 0. The molecule has 0 amide bonds. The van der Waals surface area contributed by atoms with E-state index in [4.69, 9.17) is 0 Å². The quantitative estimate of drug-likeness (QED) is 0.467. The monoisotopic (exact) mass is 220 g/mol. The van der Waals surface area contributed by atoms with Gasteiger partial charge < -0.3 is 4.89 Å². The smallest absolute Gasteiger partial charge is 0.269 e. The van der Waals surface area contributed by atoms with E-state index in [1.807, 2.05) is 30.3 Å². The van der Waals surface area contributed by atoms with Gasteiger partial charge in [0, 0.05) is 0 Å². The van der Waals surface area contributed by atoms with E-state index < -0.39 is 6.57 Å². The van der Waals surface area contributed by atoms with Crippen molar-refractivity contribution in [2.75, 3.05) is 0 Å². The molecule has 0 spiro atoms. The maximum absolute atomic E-state index is 11.2. The van der Waals surface area contributed by atoms with E-state index in [2.05, 4.69) is 11.7 Å². The van der Waals surface area contributed by atoms with Crippen molar-refractivity contribution in [1.82, 2.24) is 0 Å². The van der Waals surface area contributed by atoms with E-state index in [9.17, 15) is 9.46 Å². The van der Waals surface area contributed by atoms with Gasteiger partial charge in [-0.1, -0.05) is 30.3 Å². The second kappa shape index (κ2) is 4.38. The summed E-state index contributed by atoms with van der Waals surface area (Å²) >= 11 is 3.73. The molecule has 1 aromatic rings. The van der Waals surface area contributed by atoms with E-state index in [-0.39, 0.29) is 6.16 Å². The van der Waals surface area contributed by atoms with E-state index in [1.54, 1.807) is 0 Å². The van der Waals surface area contributed by atoms with Crippen LogP contribution >= 0.6 is 28.6 Å². The lowest BCUT2D eigenvalue weighted by Crippen LogP contribution is -1.82. The maximum atomic E-state index is 11.2. The van der Waals surface area contributed by atoms with Gasteiger partial charge in [0.15, 0.2) is 0 Å². The molecule has 1 atom stereocenters. The van der Waals surface area contributed by atoms with E-state index >= 15 is 0 Å². The fourth-order valence-corrected chi connectivity index (χ4v) is 2.71. The lowest BCUT2D eigenvalue weighted by molar-refractivity contribution is 0.496. The number of hydrogen-bond acceptors (Lipinski definition) is 3. The van der Waals surface area contributed by atoms with Crippen molar-refractivity contribution in [3.63, 3.8) is 0 Å². The zero-order valence-corrected chi connectivity index (χ0v) is 8.86. The molecule has 0 fully saturated rings. The summed E-state index contributed by atoms with van der Waals surface area (Å²) in [6.07, 6.45) is 0.183. The van der Waals surface area contributed by atoms with Crippen molar-refractivity contribution in [2.45, 2.75) is 6.16 Å². The van der Waals surface area contributed by atoms with Crippen LogP contribution < -0.4 is 0 Å². The molecule has 0 saturated heterocycles. The third kappa shape index (κ3) is 3.23. The van der Waals surface area contributed by atoms with Gasteiger partial charge in [-0.25, -0.2) is 0 Å². The second-order valence-electron chi connectivity index (χ2n) is 2.36. The number of rotatable bonds is 3. The summed E-state index contributed by atoms with van der Waals surface area (Å²) < 4.78 is 11.2. The molecule has 0 aliphatic rings. The first-order valence-electron chi connectivity index (χ1n) is 3.33. The number of thiol groups is 1. The minimum Gasteiger partial charge on any atom is -0.336 e. The Labute approximate surface area is 80.4 Å². The Bertz CT molecular complexity index is 289. The second-order valence-corrected chi connectivity index (χ2v) is 7.79. The van der Waals surface area contributed by atoms with Crippen LogP contribution in [0.25, 0.3) is 0 Å². The molecule has 1 rings (SSSR count). The van der Waals surface area contributed by atoms with Crippen molar-refractivity contribution >= 4 is 28.6 Å². The molecule has 0 aliphatic carbocycles. The van der Waals surface area contributed by atoms with Gasteiger partial charge in [-0.15, -0.1) is 11.7 Å². The van der Waals surface area contributed by atoms with Crippen molar-refractivity contribution in [3.05, 3.63) is 35.9 Å². The standard InChI is InChI=1S/C7H9O2PS2/c8-10(9,12-11)6-7-4-2-1-3-5-7/h1-5,11H,6H2,(H,8,9). The molecule has 0 heterocycles. The predicted molar refractivity (Wildman–Crippen MR) is 56.5 cm³/mol. The van der Waals surface area contributed by atoms with Gasteiger partial charge in [-0.3, -0.25) is 4.57 Å². The van der Waals surface area contributed by atoms with E-state index in [1.165, 1.54) is 0 Å². The molecule has 1 unspecified atom stereocenters. The normalized spacial score (nSPS) is 15.5. The van der Waals surface area contributed by atoms with Crippen LogP contribution in [0.3, 0.4) is 0 Å². The molecule has 0 radical (unpaired) electrons. The Kier molecular flexibility index (Phi) is 3.72. The van der Waals surface area contributed by atoms with Crippen LogP contribution in [0.4, 0.5) is 0 Å². The molecule has 5 heteroatoms. The number of hydrogen-bond donors (Lipinski definition) is 2. The molecule has 0 saturated carbocycles. The SMILES string of the molecule is O=P(O)(Cc1ccccc1)SS. The highest BCUT2D eigenvalue weighted by Gasteiger charge is 2.17. The highest BCUT2D eigenvalue weighted by molar-refractivity contribution is 8.94. The summed E-state index contributed by atoms with van der Waals surface area (Å²) in [5.41, 5.74) is 0.866. The lowest BCUT2D eigenvalue weighted by atomic mass is 10.2. The van der Waals surface area contributed by atoms with Crippen LogP contribution in [-0.4, -0.2) is 4.89 Å². The van der Waals surface area contributed by atoms with Gasteiger partial charge in [0.05, 0.1) is 6.16 Å². The molecule has 1 N–H and O–H groups in total. The Hall–Kier alpha value is 0.110. The summed E-state index contributed by atoms with van der Waals surface area (Å²) in [5.74, 6) is 0. The van der Waals surface area contributed by atoms with Crippen molar-refractivity contribution in [3.8, 4) is 0 Å². The molecule has 2 nitrogen and oxygen atoms in total. The van der Waals surface area contributed by atoms with Crippen LogP contribution in [0.5, 0.6) is 0 Å². The van der Waals surface area contributed by atoms with Gasteiger partial charge in [-0.2, -0.15) is 0 Å². The molecular weight excluding hydrogens is 211 g/mol. The Morgan fingerprint density at radius 2 is 2.00 bits per heavy atom. The van der Waals surface area contributed by atoms with Gasteiger partial charge in [0.2, 0.25) is 0 Å². The van der Waals surface area contributed by atoms with Crippen LogP contribution in [-0.2, 0) is 10.7 Å². The van der Waals surface area contributed by atoms with Crippen LogP contribution in [0.1, 0.15) is 5.56 Å². The first-order valence-corrected chi connectivity index (χ1v) is 7.65. The molecule has 0 bridgehead atoms. The fourth-order valence-electron chi connectivity index (χ4n) is 0.843. The van der Waals surface area contributed by atoms with Crippen molar-refractivity contribution in [1.29, 1.82) is 0 Å². The molecule has 0 aliphatic heterocycles. The zero-order valence-electron chi connectivity index (χ0n) is 6.25. The van der Waals surface area contributed by atoms with E-state index in [0.29, 0.717) is 0 Å². The maximum Gasteiger partial charge on any atom is 0.269 e. The topological polar surface area (TPSA) is 37.3 Å². The average molecular weight is 220 g/mol.